The van der Waals surface area contributed by atoms with Crippen LogP contribution in [0.3, 0.4) is 0 Å². The van der Waals surface area contributed by atoms with Gasteiger partial charge in [-0.1, -0.05) is 23.4 Å². The molecule has 1 aromatic carbocycles. The Hall–Kier alpha value is -3.82. The fraction of sp³-hybridized carbons (Fsp3) is 0.263. The SMILES string of the molecule is COc1ccc(Cn2cc(CNC(=O)c3ccccc3CCC(=O)O)nn2)nn1. The van der Waals surface area contributed by atoms with Crippen molar-refractivity contribution in [2.75, 3.05) is 7.11 Å². The maximum atomic E-state index is 12.5. The maximum absolute atomic E-state index is 12.5. The van der Waals surface area contributed by atoms with Crippen molar-refractivity contribution in [3.63, 3.8) is 0 Å². The molecule has 2 N–H and O–H groups in total. The lowest BCUT2D eigenvalue weighted by Crippen LogP contribution is -2.24. The summed E-state index contributed by atoms with van der Waals surface area (Å²) in [6.45, 7) is 0.580. The minimum Gasteiger partial charge on any atom is -0.481 e. The molecule has 1 amide bonds. The number of methoxy groups -OCH3 is 1. The smallest absolute Gasteiger partial charge is 0.303 e. The highest BCUT2D eigenvalue weighted by molar-refractivity contribution is 5.95. The van der Waals surface area contributed by atoms with Crippen LogP contribution < -0.4 is 10.1 Å². The number of aromatic nitrogens is 5. The predicted octanol–water partition coefficient (Wildman–Crippen LogP) is 1.07. The summed E-state index contributed by atoms with van der Waals surface area (Å²) < 4.78 is 6.57. The topological polar surface area (TPSA) is 132 Å². The summed E-state index contributed by atoms with van der Waals surface area (Å²) in [7, 11) is 1.52. The molecule has 0 bridgehead atoms. The number of hydrogen-bond donors (Lipinski definition) is 2. The molecule has 0 fully saturated rings. The van der Waals surface area contributed by atoms with Gasteiger partial charge in [-0.25, -0.2) is 4.68 Å². The van der Waals surface area contributed by atoms with Crippen LogP contribution >= 0.6 is 0 Å². The van der Waals surface area contributed by atoms with Gasteiger partial charge in [-0.05, 0) is 24.1 Å². The summed E-state index contributed by atoms with van der Waals surface area (Å²) in [4.78, 5) is 23.3. The average Bonchev–Trinajstić information content (AvgIpc) is 3.18. The molecule has 2 aromatic heterocycles. The second-order valence-electron chi connectivity index (χ2n) is 6.21. The lowest BCUT2D eigenvalue weighted by atomic mass is 10.0. The third-order valence-corrected chi connectivity index (χ3v) is 4.11. The number of carbonyl (C=O) groups is 2. The van der Waals surface area contributed by atoms with E-state index in [4.69, 9.17) is 9.84 Å². The third-order valence-electron chi connectivity index (χ3n) is 4.11. The standard InChI is InChI=1S/C19H20N6O4/c1-29-17-8-7-14(21-23-17)11-25-12-15(22-24-25)10-20-19(28)16-5-3-2-4-13(16)6-9-18(26)27/h2-5,7-8,12H,6,9-11H2,1H3,(H,20,28)(H,26,27). The first-order valence-corrected chi connectivity index (χ1v) is 8.88. The van der Waals surface area contributed by atoms with Gasteiger partial charge in [-0.3, -0.25) is 9.59 Å². The number of carboxylic acid groups (broad SMARTS) is 1. The van der Waals surface area contributed by atoms with Crippen molar-refractivity contribution in [1.29, 1.82) is 0 Å². The van der Waals surface area contributed by atoms with E-state index in [1.807, 2.05) is 0 Å². The fourth-order valence-corrected chi connectivity index (χ4v) is 2.67. The highest BCUT2D eigenvalue weighted by Gasteiger charge is 2.12. The Kier molecular flexibility index (Phi) is 6.46. The molecule has 0 atom stereocenters. The number of hydrogen-bond acceptors (Lipinski definition) is 7. The predicted molar refractivity (Wildman–Crippen MR) is 101 cm³/mol. The van der Waals surface area contributed by atoms with Crippen LogP contribution in [-0.2, 0) is 24.3 Å². The molecule has 0 aliphatic rings. The number of carbonyl (C=O) groups excluding carboxylic acids is 1. The number of ether oxygens (including phenoxy) is 1. The second-order valence-corrected chi connectivity index (χ2v) is 6.21. The number of nitrogens with zero attached hydrogens (tertiary/aromatic N) is 5. The van der Waals surface area contributed by atoms with Crippen LogP contribution in [0.4, 0.5) is 0 Å². The molecule has 0 aliphatic heterocycles. The molecule has 10 nitrogen and oxygen atoms in total. The molecule has 0 unspecified atom stereocenters. The minimum absolute atomic E-state index is 0.0348. The minimum atomic E-state index is -0.904. The molecule has 29 heavy (non-hydrogen) atoms. The summed E-state index contributed by atoms with van der Waals surface area (Å²) in [5.74, 6) is -0.765. The number of benzene rings is 1. The van der Waals surface area contributed by atoms with Crippen LogP contribution in [0.1, 0.15) is 33.7 Å². The van der Waals surface area contributed by atoms with Gasteiger partial charge in [0.05, 0.1) is 32.1 Å². The van der Waals surface area contributed by atoms with E-state index in [0.717, 1.165) is 0 Å². The van der Waals surface area contributed by atoms with Crippen molar-refractivity contribution in [3.8, 4) is 5.88 Å². The van der Waals surface area contributed by atoms with Gasteiger partial charge in [0.25, 0.3) is 5.91 Å². The third kappa shape index (κ3) is 5.58. The lowest BCUT2D eigenvalue weighted by Gasteiger charge is -2.08. The number of amides is 1. The van der Waals surface area contributed by atoms with Crippen LogP contribution in [-0.4, -0.2) is 49.3 Å². The van der Waals surface area contributed by atoms with Gasteiger partial charge in [-0.2, -0.15) is 0 Å². The van der Waals surface area contributed by atoms with E-state index in [0.29, 0.717) is 34.9 Å². The highest BCUT2D eigenvalue weighted by atomic mass is 16.5. The molecule has 2 heterocycles. The first kappa shape index (κ1) is 19.9. The molecule has 3 rings (SSSR count). The van der Waals surface area contributed by atoms with Crippen molar-refractivity contribution >= 4 is 11.9 Å². The largest absolute Gasteiger partial charge is 0.481 e. The lowest BCUT2D eigenvalue weighted by molar-refractivity contribution is -0.136. The zero-order chi connectivity index (χ0) is 20.6. The van der Waals surface area contributed by atoms with E-state index in [1.165, 1.54) is 7.11 Å². The molecule has 10 heteroatoms. The number of nitrogens with one attached hydrogen (secondary N) is 1. The van der Waals surface area contributed by atoms with Crippen LogP contribution in [0, 0.1) is 0 Å². The Morgan fingerprint density at radius 2 is 1.93 bits per heavy atom. The maximum Gasteiger partial charge on any atom is 0.303 e. The van der Waals surface area contributed by atoms with E-state index >= 15 is 0 Å². The molecule has 150 valence electrons. The van der Waals surface area contributed by atoms with Gasteiger partial charge in [0, 0.05) is 18.1 Å². The molecule has 3 aromatic rings. The Morgan fingerprint density at radius 3 is 2.66 bits per heavy atom. The fourth-order valence-electron chi connectivity index (χ4n) is 2.67. The zero-order valence-electron chi connectivity index (χ0n) is 15.8. The molecular weight excluding hydrogens is 376 g/mol. The van der Waals surface area contributed by atoms with Gasteiger partial charge in [-0.15, -0.1) is 15.3 Å². The number of aryl methyl sites for hydroxylation is 1. The highest BCUT2D eigenvalue weighted by Crippen LogP contribution is 2.12. The van der Waals surface area contributed by atoms with Crippen LogP contribution in [0.15, 0.2) is 42.6 Å². The Labute approximate surface area is 166 Å². The van der Waals surface area contributed by atoms with E-state index < -0.39 is 5.97 Å². The first-order valence-electron chi connectivity index (χ1n) is 8.88. The Balaban J connectivity index is 1.58. The van der Waals surface area contributed by atoms with Gasteiger partial charge < -0.3 is 15.2 Å². The summed E-state index contributed by atoms with van der Waals surface area (Å²) >= 11 is 0. The van der Waals surface area contributed by atoms with Crippen LogP contribution in [0.5, 0.6) is 5.88 Å². The van der Waals surface area contributed by atoms with Crippen molar-refractivity contribution in [2.45, 2.75) is 25.9 Å². The number of aliphatic carboxylic acids is 1. The van der Waals surface area contributed by atoms with Crippen LogP contribution in [0.2, 0.25) is 0 Å². The van der Waals surface area contributed by atoms with Gasteiger partial charge >= 0.3 is 5.97 Å². The molecule has 0 saturated heterocycles. The first-order chi connectivity index (χ1) is 14.0. The van der Waals surface area contributed by atoms with Crippen molar-refractivity contribution in [1.82, 2.24) is 30.5 Å². The normalized spacial score (nSPS) is 10.5. The van der Waals surface area contributed by atoms with E-state index in [2.05, 4.69) is 25.8 Å². The quantitative estimate of drug-likeness (QED) is 0.549. The molecular formula is C19H20N6O4. The molecule has 0 saturated carbocycles. The van der Waals surface area contributed by atoms with Crippen molar-refractivity contribution in [2.24, 2.45) is 0 Å². The van der Waals surface area contributed by atoms with E-state index in [1.54, 1.807) is 47.3 Å². The van der Waals surface area contributed by atoms with Crippen molar-refractivity contribution < 1.29 is 19.4 Å². The van der Waals surface area contributed by atoms with Crippen molar-refractivity contribution in [3.05, 3.63) is 65.1 Å². The Morgan fingerprint density at radius 1 is 1.10 bits per heavy atom. The Bertz CT molecular complexity index is 986. The number of carboxylic acids is 1. The van der Waals surface area contributed by atoms with Crippen LogP contribution in [0.25, 0.3) is 0 Å². The monoisotopic (exact) mass is 396 g/mol. The summed E-state index contributed by atoms with van der Waals surface area (Å²) in [5.41, 5.74) is 2.42. The van der Waals surface area contributed by atoms with E-state index in [-0.39, 0.29) is 25.3 Å². The molecule has 0 spiro atoms. The molecule has 0 radical (unpaired) electrons. The zero-order valence-corrected chi connectivity index (χ0v) is 15.8. The average molecular weight is 396 g/mol. The summed E-state index contributed by atoms with van der Waals surface area (Å²) in [6.07, 6.45) is 1.97. The van der Waals surface area contributed by atoms with Gasteiger partial charge in [0.15, 0.2) is 0 Å². The molecule has 0 aliphatic carbocycles. The van der Waals surface area contributed by atoms with Gasteiger partial charge in [0.2, 0.25) is 5.88 Å². The summed E-state index contributed by atoms with van der Waals surface area (Å²) in [6, 6.07) is 10.4. The van der Waals surface area contributed by atoms with Gasteiger partial charge in [0.1, 0.15) is 5.69 Å². The second kappa shape index (κ2) is 9.40. The van der Waals surface area contributed by atoms with E-state index in [9.17, 15) is 9.59 Å². The summed E-state index contributed by atoms with van der Waals surface area (Å²) in [5, 5.41) is 27.6. The number of rotatable bonds is 9.